The molecule has 3 heteroatoms. The summed E-state index contributed by atoms with van der Waals surface area (Å²) < 4.78 is 0. The molecule has 3 nitrogen and oxygen atoms in total. The average Bonchev–Trinajstić information content (AvgIpc) is 2.99. The van der Waals surface area contributed by atoms with Crippen molar-refractivity contribution in [2.75, 3.05) is 13.1 Å². The summed E-state index contributed by atoms with van der Waals surface area (Å²) in [5.74, 6) is 3.67. The fourth-order valence-corrected chi connectivity index (χ4v) is 5.18. The normalized spacial score (nSPS) is 39.8. The van der Waals surface area contributed by atoms with E-state index in [2.05, 4.69) is 5.32 Å². The molecular formula is C18H32N2O. The van der Waals surface area contributed by atoms with Gasteiger partial charge in [0, 0.05) is 12.5 Å². The van der Waals surface area contributed by atoms with Crippen LogP contribution < -0.4 is 11.1 Å². The summed E-state index contributed by atoms with van der Waals surface area (Å²) in [5.41, 5.74) is 5.83. The van der Waals surface area contributed by atoms with Crippen molar-refractivity contribution in [1.82, 2.24) is 5.32 Å². The maximum absolute atomic E-state index is 12.5. The van der Waals surface area contributed by atoms with Crippen LogP contribution in [0.25, 0.3) is 0 Å². The molecule has 120 valence electrons. The highest BCUT2D eigenvalue weighted by atomic mass is 16.1. The van der Waals surface area contributed by atoms with Crippen LogP contribution in [0.1, 0.15) is 64.2 Å². The van der Waals surface area contributed by atoms with Crippen LogP contribution >= 0.6 is 0 Å². The highest BCUT2D eigenvalue weighted by Gasteiger charge is 2.35. The molecule has 3 fully saturated rings. The van der Waals surface area contributed by atoms with E-state index in [0.717, 1.165) is 37.8 Å². The summed E-state index contributed by atoms with van der Waals surface area (Å²) in [5, 5.41) is 3.26. The summed E-state index contributed by atoms with van der Waals surface area (Å²) in [7, 11) is 0. The van der Waals surface area contributed by atoms with Crippen molar-refractivity contribution >= 4 is 5.91 Å². The van der Waals surface area contributed by atoms with Gasteiger partial charge >= 0.3 is 0 Å². The van der Waals surface area contributed by atoms with Crippen molar-refractivity contribution in [1.29, 1.82) is 0 Å². The van der Waals surface area contributed by atoms with E-state index < -0.39 is 0 Å². The number of carbonyl (C=O) groups is 1. The van der Waals surface area contributed by atoms with Gasteiger partial charge in [-0.05, 0) is 62.3 Å². The first-order chi connectivity index (χ1) is 10.3. The molecule has 0 bridgehead atoms. The van der Waals surface area contributed by atoms with E-state index in [1.807, 2.05) is 0 Å². The smallest absolute Gasteiger partial charge is 0.223 e. The third-order valence-corrected chi connectivity index (χ3v) is 6.57. The van der Waals surface area contributed by atoms with Crippen molar-refractivity contribution in [2.24, 2.45) is 35.3 Å². The molecule has 3 aliphatic rings. The molecule has 3 N–H and O–H groups in total. The zero-order valence-electron chi connectivity index (χ0n) is 13.4. The van der Waals surface area contributed by atoms with Gasteiger partial charge in [0.1, 0.15) is 0 Å². The molecule has 0 aromatic heterocycles. The molecule has 3 saturated carbocycles. The summed E-state index contributed by atoms with van der Waals surface area (Å²) in [6.45, 7) is 1.65. The average molecular weight is 292 g/mol. The van der Waals surface area contributed by atoms with Gasteiger partial charge in [-0.1, -0.05) is 32.1 Å². The van der Waals surface area contributed by atoms with Gasteiger partial charge in [0.2, 0.25) is 5.91 Å². The second kappa shape index (κ2) is 7.13. The molecule has 1 amide bonds. The van der Waals surface area contributed by atoms with E-state index in [1.165, 1.54) is 51.4 Å². The Morgan fingerprint density at radius 2 is 1.67 bits per heavy atom. The Morgan fingerprint density at radius 1 is 0.905 bits per heavy atom. The third kappa shape index (κ3) is 3.61. The maximum atomic E-state index is 12.5. The number of fused-ring (bicyclic) bond motifs is 1. The lowest BCUT2D eigenvalue weighted by Crippen LogP contribution is -2.40. The topological polar surface area (TPSA) is 55.1 Å². The first-order valence-electron chi connectivity index (χ1n) is 9.25. The summed E-state index contributed by atoms with van der Waals surface area (Å²) in [4.78, 5) is 12.5. The Labute approximate surface area is 129 Å². The van der Waals surface area contributed by atoms with Gasteiger partial charge in [-0.2, -0.15) is 0 Å². The standard InChI is InChI=1S/C18H32N2O/c19-11-16-6-3-7-17(16)12-20-18(21)15-9-8-13-4-1-2-5-14(13)10-15/h13-17H,1-12,19H2,(H,20,21). The van der Waals surface area contributed by atoms with E-state index in [-0.39, 0.29) is 0 Å². The Hall–Kier alpha value is -0.570. The van der Waals surface area contributed by atoms with Crippen LogP contribution in [0.3, 0.4) is 0 Å². The number of rotatable bonds is 4. The number of carbonyl (C=O) groups excluding carboxylic acids is 1. The van der Waals surface area contributed by atoms with Crippen LogP contribution in [0.15, 0.2) is 0 Å². The number of hydrogen-bond donors (Lipinski definition) is 2. The largest absolute Gasteiger partial charge is 0.356 e. The van der Waals surface area contributed by atoms with Crippen LogP contribution in [0.2, 0.25) is 0 Å². The van der Waals surface area contributed by atoms with E-state index in [9.17, 15) is 4.79 Å². The number of amides is 1. The van der Waals surface area contributed by atoms with E-state index in [0.29, 0.717) is 23.7 Å². The molecule has 0 aromatic rings. The lowest BCUT2D eigenvalue weighted by molar-refractivity contribution is -0.127. The third-order valence-electron chi connectivity index (χ3n) is 6.57. The highest BCUT2D eigenvalue weighted by Crippen LogP contribution is 2.42. The van der Waals surface area contributed by atoms with Gasteiger partial charge < -0.3 is 11.1 Å². The van der Waals surface area contributed by atoms with Crippen LogP contribution in [-0.4, -0.2) is 19.0 Å². The molecule has 21 heavy (non-hydrogen) atoms. The molecule has 0 saturated heterocycles. The molecular weight excluding hydrogens is 260 g/mol. The summed E-state index contributed by atoms with van der Waals surface area (Å²) in [6, 6.07) is 0. The summed E-state index contributed by atoms with van der Waals surface area (Å²) in [6.07, 6.45) is 12.9. The lowest BCUT2D eigenvalue weighted by Gasteiger charge is -2.38. The molecule has 5 atom stereocenters. The molecule has 0 aromatic carbocycles. The second-order valence-electron chi connectivity index (χ2n) is 7.75. The van der Waals surface area contributed by atoms with Gasteiger partial charge in [0.15, 0.2) is 0 Å². The number of nitrogens with one attached hydrogen (secondary N) is 1. The Morgan fingerprint density at radius 3 is 2.48 bits per heavy atom. The van der Waals surface area contributed by atoms with Crippen molar-refractivity contribution in [3.05, 3.63) is 0 Å². The van der Waals surface area contributed by atoms with Crippen molar-refractivity contribution in [3.63, 3.8) is 0 Å². The lowest BCUT2D eigenvalue weighted by atomic mass is 9.67. The van der Waals surface area contributed by atoms with Gasteiger partial charge in [-0.3, -0.25) is 4.79 Å². The van der Waals surface area contributed by atoms with E-state index in [1.54, 1.807) is 0 Å². The predicted molar refractivity (Wildman–Crippen MR) is 85.7 cm³/mol. The first-order valence-corrected chi connectivity index (χ1v) is 9.25. The van der Waals surface area contributed by atoms with Crippen molar-refractivity contribution in [2.45, 2.75) is 64.2 Å². The van der Waals surface area contributed by atoms with Crippen molar-refractivity contribution in [3.8, 4) is 0 Å². The fraction of sp³-hybridized carbons (Fsp3) is 0.944. The zero-order chi connectivity index (χ0) is 14.7. The van der Waals surface area contributed by atoms with E-state index >= 15 is 0 Å². The molecule has 5 unspecified atom stereocenters. The second-order valence-corrected chi connectivity index (χ2v) is 7.75. The van der Waals surface area contributed by atoms with Gasteiger partial charge in [-0.15, -0.1) is 0 Å². The minimum Gasteiger partial charge on any atom is -0.356 e. The quantitative estimate of drug-likeness (QED) is 0.836. The molecule has 0 spiro atoms. The Bertz CT molecular complexity index is 357. The van der Waals surface area contributed by atoms with E-state index in [4.69, 9.17) is 5.73 Å². The summed E-state index contributed by atoms with van der Waals surface area (Å²) >= 11 is 0. The first kappa shape index (κ1) is 15.3. The minimum atomic E-state index is 0.294. The number of hydrogen-bond acceptors (Lipinski definition) is 2. The maximum Gasteiger partial charge on any atom is 0.223 e. The number of nitrogens with two attached hydrogens (primary N) is 1. The Kier molecular flexibility index (Phi) is 5.20. The van der Waals surface area contributed by atoms with Crippen molar-refractivity contribution < 1.29 is 4.79 Å². The monoisotopic (exact) mass is 292 g/mol. The molecule has 0 radical (unpaired) electrons. The Balaban J connectivity index is 1.45. The zero-order valence-corrected chi connectivity index (χ0v) is 13.4. The molecule has 3 rings (SSSR count). The minimum absolute atomic E-state index is 0.294. The molecule has 0 heterocycles. The van der Waals surface area contributed by atoms with Crippen LogP contribution in [-0.2, 0) is 4.79 Å². The molecule has 3 aliphatic carbocycles. The van der Waals surface area contributed by atoms with Gasteiger partial charge in [0.05, 0.1) is 0 Å². The van der Waals surface area contributed by atoms with Crippen LogP contribution in [0, 0.1) is 29.6 Å². The van der Waals surface area contributed by atoms with Gasteiger partial charge in [0.25, 0.3) is 0 Å². The predicted octanol–water partition coefficient (Wildman–Crippen LogP) is 3.08. The SMILES string of the molecule is NCC1CCCC1CNC(=O)C1CCC2CCCCC2C1. The fourth-order valence-electron chi connectivity index (χ4n) is 5.18. The molecule has 0 aliphatic heterocycles. The highest BCUT2D eigenvalue weighted by molar-refractivity contribution is 5.78. The van der Waals surface area contributed by atoms with Crippen LogP contribution in [0.5, 0.6) is 0 Å². The van der Waals surface area contributed by atoms with Crippen LogP contribution in [0.4, 0.5) is 0 Å². The van der Waals surface area contributed by atoms with Gasteiger partial charge in [-0.25, -0.2) is 0 Å².